The Morgan fingerprint density at radius 1 is 1.22 bits per heavy atom. The number of hydrogen-bond donors (Lipinski definition) is 0. The van der Waals surface area contributed by atoms with Crippen LogP contribution in [0.1, 0.15) is 24.1 Å². The topological polar surface area (TPSA) is 48.0 Å². The lowest BCUT2D eigenvalue weighted by atomic mass is 10.1. The van der Waals surface area contributed by atoms with Crippen molar-refractivity contribution in [3.8, 4) is 17.2 Å². The van der Waals surface area contributed by atoms with Crippen molar-refractivity contribution in [3.05, 3.63) is 58.6 Å². The van der Waals surface area contributed by atoms with Crippen LogP contribution in [-0.2, 0) is 4.79 Å². The molecule has 6 heteroatoms. The molecule has 0 aromatic heterocycles. The van der Waals surface area contributed by atoms with Gasteiger partial charge in [0.05, 0.1) is 18.2 Å². The van der Waals surface area contributed by atoms with Crippen molar-refractivity contribution in [2.24, 2.45) is 0 Å². The molecule has 0 saturated carbocycles. The average Bonchev–Trinajstić information content (AvgIpc) is 2.71. The maximum atomic E-state index is 12.6. The normalized spacial score (nSPS) is 14.1. The van der Waals surface area contributed by atoms with Crippen LogP contribution >= 0.6 is 11.6 Å². The lowest BCUT2D eigenvalue weighted by Gasteiger charge is -2.24. The second-order valence-corrected chi connectivity index (χ2v) is 6.67. The summed E-state index contributed by atoms with van der Waals surface area (Å²) in [7, 11) is 3.40. The Hall–Kier alpha value is -2.66. The molecule has 27 heavy (non-hydrogen) atoms. The summed E-state index contributed by atoms with van der Waals surface area (Å²) in [5, 5.41) is 0.472. The minimum atomic E-state index is -0.107. The summed E-state index contributed by atoms with van der Waals surface area (Å²) >= 11 is 6.24. The van der Waals surface area contributed by atoms with Gasteiger partial charge in [-0.25, -0.2) is 0 Å². The molecule has 142 valence electrons. The fourth-order valence-electron chi connectivity index (χ4n) is 2.81. The maximum absolute atomic E-state index is 12.6. The molecule has 1 unspecified atom stereocenters. The second-order valence-electron chi connectivity index (χ2n) is 6.26. The third-order valence-electron chi connectivity index (χ3n) is 4.56. The zero-order chi connectivity index (χ0) is 19.4. The van der Waals surface area contributed by atoms with E-state index in [1.165, 1.54) is 6.08 Å². The Morgan fingerprint density at radius 3 is 2.63 bits per heavy atom. The van der Waals surface area contributed by atoms with Crippen LogP contribution in [0.4, 0.5) is 0 Å². The highest BCUT2D eigenvalue weighted by Crippen LogP contribution is 2.38. The van der Waals surface area contributed by atoms with Crippen molar-refractivity contribution in [2.45, 2.75) is 13.0 Å². The number of amides is 1. The number of carbonyl (C=O) groups excluding carboxylic acids is 1. The zero-order valence-corrected chi connectivity index (χ0v) is 16.3. The van der Waals surface area contributed by atoms with Crippen molar-refractivity contribution < 1.29 is 19.0 Å². The minimum absolute atomic E-state index is 0.0723. The molecule has 0 fully saturated rings. The standard InChI is InChI=1S/C21H22ClNO4/c1-14(16-5-7-17(25-3)8-6-16)23(2)20(24)9-4-15-12-18(22)21-19(13-15)26-10-11-27-21/h4-9,12-14H,10-11H2,1-3H3/b9-4+. The molecule has 0 N–H and O–H groups in total. The Bertz CT molecular complexity index is 848. The number of benzene rings is 2. The van der Waals surface area contributed by atoms with Gasteiger partial charge in [-0.05, 0) is 48.4 Å². The third-order valence-corrected chi connectivity index (χ3v) is 4.85. The summed E-state index contributed by atoms with van der Waals surface area (Å²) in [5.41, 5.74) is 1.81. The number of rotatable bonds is 5. The van der Waals surface area contributed by atoms with Gasteiger partial charge in [-0.1, -0.05) is 23.7 Å². The summed E-state index contributed by atoms with van der Waals surface area (Å²) in [5.74, 6) is 1.83. The first-order valence-corrected chi connectivity index (χ1v) is 9.05. The minimum Gasteiger partial charge on any atom is -0.497 e. The van der Waals surface area contributed by atoms with E-state index in [0.717, 1.165) is 16.9 Å². The first kappa shape index (κ1) is 19.1. The van der Waals surface area contributed by atoms with Crippen molar-refractivity contribution in [1.29, 1.82) is 0 Å². The largest absolute Gasteiger partial charge is 0.497 e. The number of ether oxygens (including phenoxy) is 3. The molecule has 1 atom stereocenters. The van der Waals surface area contributed by atoms with Crippen LogP contribution in [0.15, 0.2) is 42.5 Å². The molecular formula is C21H22ClNO4. The summed E-state index contributed by atoms with van der Waals surface area (Å²) < 4.78 is 16.2. The van der Waals surface area contributed by atoms with Gasteiger partial charge in [-0.15, -0.1) is 0 Å². The van der Waals surface area contributed by atoms with Crippen molar-refractivity contribution in [3.63, 3.8) is 0 Å². The van der Waals surface area contributed by atoms with Crippen molar-refractivity contribution in [1.82, 2.24) is 4.90 Å². The van der Waals surface area contributed by atoms with Crippen LogP contribution in [0.3, 0.4) is 0 Å². The van der Waals surface area contributed by atoms with E-state index in [2.05, 4.69) is 0 Å². The molecular weight excluding hydrogens is 366 g/mol. The first-order chi connectivity index (χ1) is 13.0. The number of halogens is 1. The highest BCUT2D eigenvalue weighted by atomic mass is 35.5. The lowest BCUT2D eigenvalue weighted by molar-refractivity contribution is -0.126. The van der Waals surface area contributed by atoms with Gasteiger partial charge >= 0.3 is 0 Å². The van der Waals surface area contributed by atoms with Crippen LogP contribution in [0.25, 0.3) is 6.08 Å². The van der Waals surface area contributed by atoms with E-state index < -0.39 is 0 Å². The predicted octanol–water partition coefficient (Wildman–Crippen LogP) is 4.35. The molecule has 0 spiro atoms. The van der Waals surface area contributed by atoms with Gasteiger partial charge < -0.3 is 19.1 Å². The van der Waals surface area contributed by atoms with Gasteiger partial charge in [0.25, 0.3) is 0 Å². The molecule has 5 nitrogen and oxygen atoms in total. The molecule has 0 aliphatic carbocycles. The SMILES string of the molecule is COc1ccc(C(C)N(C)C(=O)/C=C/c2cc(Cl)c3c(c2)OCCO3)cc1. The van der Waals surface area contributed by atoms with E-state index in [-0.39, 0.29) is 11.9 Å². The Balaban J connectivity index is 1.71. The number of hydrogen-bond acceptors (Lipinski definition) is 4. The molecule has 1 heterocycles. The van der Waals surface area contributed by atoms with Crippen LogP contribution in [0.5, 0.6) is 17.2 Å². The molecule has 0 saturated heterocycles. The van der Waals surface area contributed by atoms with Gasteiger partial charge in [0.2, 0.25) is 5.91 Å². The summed E-state index contributed by atoms with van der Waals surface area (Å²) in [6, 6.07) is 11.2. The highest BCUT2D eigenvalue weighted by molar-refractivity contribution is 6.32. The van der Waals surface area contributed by atoms with E-state index in [0.29, 0.717) is 29.7 Å². The van der Waals surface area contributed by atoms with Crippen molar-refractivity contribution >= 4 is 23.6 Å². The van der Waals surface area contributed by atoms with Gasteiger partial charge in [0, 0.05) is 13.1 Å². The van der Waals surface area contributed by atoms with E-state index in [1.807, 2.05) is 37.3 Å². The molecule has 3 rings (SSSR count). The Kier molecular flexibility index (Phi) is 5.91. The Morgan fingerprint density at radius 2 is 1.93 bits per heavy atom. The average molecular weight is 388 g/mol. The fraction of sp³-hybridized carbons (Fsp3) is 0.286. The molecule has 2 aromatic rings. The monoisotopic (exact) mass is 387 g/mol. The zero-order valence-electron chi connectivity index (χ0n) is 15.6. The first-order valence-electron chi connectivity index (χ1n) is 8.67. The van der Waals surface area contributed by atoms with Crippen molar-refractivity contribution in [2.75, 3.05) is 27.4 Å². The van der Waals surface area contributed by atoms with E-state index in [9.17, 15) is 4.79 Å². The van der Waals surface area contributed by atoms with E-state index in [1.54, 1.807) is 31.2 Å². The van der Waals surface area contributed by atoms with E-state index >= 15 is 0 Å². The van der Waals surface area contributed by atoms with E-state index in [4.69, 9.17) is 25.8 Å². The van der Waals surface area contributed by atoms with Gasteiger partial charge in [0.1, 0.15) is 19.0 Å². The molecule has 2 aromatic carbocycles. The maximum Gasteiger partial charge on any atom is 0.246 e. The number of likely N-dealkylation sites (N-methyl/N-ethyl adjacent to an activating group) is 1. The fourth-order valence-corrected chi connectivity index (χ4v) is 3.08. The van der Waals surface area contributed by atoms with Gasteiger partial charge in [-0.3, -0.25) is 4.79 Å². The second kappa shape index (κ2) is 8.35. The number of nitrogens with zero attached hydrogens (tertiary/aromatic N) is 1. The Labute approximate surface area is 164 Å². The van der Waals surface area contributed by atoms with Gasteiger partial charge in [-0.2, -0.15) is 0 Å². The molecule has 1 amide bonds. The smallest absolute Gasteiger partial charge is 0.246 e. The lowest BCUT2D eigenvalue weighted by Crippen LogP contribution is -2.27. The predicted molar refractivity (Wildman–Crippen MR) is 106 cm³/mol. The molecule has 0 radical (unpaired) electrons. The highest BCUT2D eigenvalue weighted by Gasteiger charge is 2.17. The summed E-state index contributed by atoms with van der Waals surface area (Å²) in [6.45, 7) is 2.94. The van der Waals surface area contributed by atoms with Crippen LogP contribution < -0.4 is 14.2 Å². The van der Waals surface area contributed by atoms with Crippen LogP contribution in [0, 0.1) is 0 Å². The summed E-state index contributed by atoms with van der Waals surface area (Å²) in [6.07, 6.45) is 3.26. The number of carbonyl (C=O) groups is 1. The van der Waals surface area contributed by atoms with Gasteiger partial charge in [0.15, 0.2) is 11.5 Å². The summed E-state index contributed by atoms with van der Waals surface area (Å²) in [4.78, 5) is 14.2. The quantitative estimate of drug-likeness (QED) is 0.715. The molecule has 1 aliphatic rings. The number of fused-ring (bicyclic) bond motifs is 1. The van der Waals surface area contributed by atoms with Crippen LogP contribution in [-0.4, -0.2) is 38.2 Å². The molecule has 1 aliphatic heterocycles. The molecule has 0 bridgehead atoms. The number of methoxy groups -OCH3 is 1. The van der Waals surface area contributed by atoms with Crippen LogP contribution in [0.2, 0.25) is 5.02 Å². The third kappa shape index (κ3) is 4.37.